The number of imide groups is 1. The van der Waals surface area contributed by atoms with Gasteiger partial charge in [-0.3, -0.25) is 19.3 Å². The maximum absolute atomic E-state index is 13.0. The first kappa shape index (κ1) is 19.4. The maximum Gasteiger partial charge on any atom is 0.293 e. The molecule has 0 bridgehead atoms. The number of amides is 3. The zero-order valence-electron chi connectivity index (χ0n) is 15.6. The highest BCUT2D eigenvalue weighted by Gasteiger charge is 2.35. The predicted molar refractivity (Wildman–Crippen MR) is 109 cm³/mol. The lowest BCUT2D eigenvalue weighted by molar-refractivity contribution is -0.123. The van der Waals surface area contributed by atoms with Crippen LogP contribution >= 0.6 is 11.8 Å². The van der Waals surface area contributed by atoms with E-state index in [4.69, 9.17) is 0 Å². The zero-order chi connectivity index (χ0) is 20.4. The summed E-state index contributed by atoms with van der Waals surface area (Å²) in [6.45, 7) is 1.69. The molecule has 0 atom stereocenters. The van der Waals surface area contributed by atoms with Crippen LogP contribution in [0.1, 0.15) is 34.3 Å². The summed E-state index contributed by atoms with van der Waals surface area (Å²) < 4.78 is 13.0. The first-order valence-electron chi connectivity index (χ1n) is 9.40. The minimum atomic E-state index is -0.374. The fraction of sp³-hybridized carbons (Fsp3) is 0.227. The van der Waals surface area contributed by atoms with Crippen LogP contribution in [-0.2, 0) is 11.3 Å². The molecule has 0 spiro atoms. The average Bonchev–Trinajstić information content (AvgIpc) is 3.35. The Morgan fingerprint density at radius 2 is 1.66 bits per heavy atom. The van der Waals surface area contributed by atoms with Gasteiger partial charge in [-0.2, -0.15) is 0 Å². The minimum Gasteiger partial charge on any atom is -0.339 e. The zero-order valence-corrected chi connectivity index (χ0v) is 16.5. The van der Waals surface area contributed by atoms with Gasteiger partial charge in [0.2, 0.25) is 0 Å². The van der Waals surface area contributed by atoms with Gasteiger partial charge in [0, 0.05) is 18.7 Å². The Kier molecular flexibility index (Phi) is 5.49. The standard InChI is InChI=1S/C22H19FN2O3S/c23-18-9-5-16(6-10-18)14-25-21(27)19(29-22(25)28)13-15-3-7-17(8-4-15)20(26)24-11-1-2-12-24/h3-10,13H,1-2,11-12,14H2/b19-13-. The van der Waals surface area contributed by atoms with E-state index >= 15 is 0 Å². The molecule has 0 aromatic heterocycles. The third-order valence-electron chi connectivity index (χ3n) is 4.98. The lowest BCUT2D eigenvalue weighted by Gasteiger charge is -2.15. The summed E-state index contributed by atoms with van der Waals surface area (Å²) >= 11 is 0.879. The lowest BCUT2D eigenvalue weighted by atomic mass is 10.1. The summed E-state index contributed by atoms with van der Waals surface area (Å²) in [5.41, 5.74) is 2.04. The van der Waals surface area contributed by atoms with Gasteiger partial charge < -0.3 is 4.90 Å². The number of thioether (sulfide) groups is 1. The molecule has 2 aliphatic rings. The summed E-state index contributed by atoms with van der Waals surface area (Å²) in [4.78, 5) is 40.6. The summed E-state index contributed by atoms with van der Waals surface area (Å²) in [6, 6.07) is 12.8. The third kappa shape index (κ3) is 4.24. The Morgan fingerprint density at radius 3 is 2.31 bits per heavy atom. The molecule has 2 saturated heterocycles. The molecule has 3 amide bonds. The van der Waals surface area contributed by atoms with Crippen LogP contribution in [0.3, 0.4) is 0 Å². The van der Waals surface area contributed by atoms with Crippen LogP contribution < -0.4 is 0 Å². The number of hydrogen-bond acceptors (Lipinski definition) is 4. The molecule has 2 fully saturated rings. The quantitative estimate of drug-likeness (QED) is 0.706. The molecule has 2 aromatic carbocycles. The number of nitrogens with zero attached hydrogens (tertiary/aromatic N) is 2. The van der Waals surface area contributed by atoms with Gasteiger partial charge in [-0.25, -0.2) is 4.39 Å². The van der Waals surface area contributed by atoms with Crippen molar-refractivity contribution in [3.8, 4) is 0 Å². The van der Waals surface area contributed by atoms with Crippen LogP contribution in [0.5, 0.6) is 0 Å². The van der Waals surface area contributed by atoms with Gasteiger partial charge in [0.25, 0.3) is 17.1 Å². The first-order chi connectivity index (χ1) is 14.0. The van der Waals surface area contributed by atoms with Crippen LogP contribution in [-0.4, -0.2) is 39.9 Å². The van der Waals surface area contributed by atoms with Crippen molar-refractivity contribution < 1.29 is 18.8 Å². The topological polar surface area (TPSA) is 57.7 Å². The normalized spacial score (nSPS) is 18.2. The van der Waals surface area contributed by atoms with Gasteiger partial charge in [0.05, 0.1) is 11.4 Å². The Morgan fingerprint density at radius 1 is 1.00 bits per heavy atom. The second kappa shape index (κ2) is 8.21. The summed E-state index contributed by atoms with van der Waals surface area (Å²) in [5.74, 6) is -0.718. The molecule has 0 unspecified atom stereocenters. The van der Waals surface area contributed by atoms with Gasteiger partial charge >= 0.3 is 0 Å². The molecular formula is C22H19FN2O3S. The molecule has 7 heteroatoms. The van der Waals surface area contributed by atoms with E-state index < -0.39 is 0 Å². The number of benzene rings is 2. The minimum absolute atomic E-state index is 0.0219. The highest BCUT2D eigenvalue weighted by molar-refractivity contribution is 8.18. The largest absolute Gasteiger partial charge is 0.339 e. The second-order valence-electron chi connectivity index (χ2n) is 7.02. The van der Waals surface area contributed by atoms with Crippen molar-refractivity contribution in [1.82, 2.24) is 9.80 Å². The van der Waals surface area contributed by atoms with Crippen molar-refractivity contribution in [2.45, 2.75) is 19.4 Å². The number of carbonyl (C=O) groups excluding carboxylic acids is 3. The van der Waals surface area contributed by atoms with Crippen molar-refractivity contribution in [1.29, 1.82) is 0 Å². The number of hydrogen-bond donors (Lipinski definition) is 0. The van der Waals surface area contributed by atoms with E-state index in [2.05, 4.69) is 0 Å². The van der Waals surface area contributed by atoms with E-state index in [1.165, 1.54) is 12.1 Å². The maximum atomic E-state index is 13.0. The van der Waals surface area contributed by atoms with Crippen molar-refractivity contribution in [3.63, 3.8) is 0 Å². The number of halogens is 1. The fourth-order valence-electron chi connectivity index (χ4n) is 3.38. The van der Waals surface area contributed by atoms with E-state index in [1.807, 2.05) is 4.90 Å². The van der Waals surface area contributed by atoms with Crippen LogP contribution in [0.4, 0.5) is 9.18 Å². The van der Waals surface area contributed by atoms with Crippen molar-refractivity contribution in [2.24, 2.45) is 0 Å². The van der Waals surface area contributed by atoms with E-state index in [0.717, 1.165) is 48.2 Å². The Labute approximate surface area is 172 Å². The molecule has 29 heavy (non-hydrogen) atoms. The molecular weight excluding hydrogens is 391 g/mol. The van der Waals surface area contributed by atoms with E-state index in [9.17, 15) is 18.8 Å². The molecule has 2 aromatic rings. The smallest absolute Gasteiger partial charge is 0.293 e. The van der Waals surface area contributed by atoms with Crippen LogP contribution in [0.15, 0.2) is 53.4 Å². The average molecular weight is 410 g/mol. The van der Waals surface area contributed by atoms with Crippen LogP contribution in [0.25, 0.3) is 6.08 Å². The van der Waals surface area contributed by atoms with Gasteiger partial charge in [-0.1, -0.05) is 24.3 Å². The molecule has 148 valence electrons. The molecule has 4 rings (SSSR count). The summed E-state index contributed by atoms with van der Waals surface area (Å²) in [6.07, 6.45) is 3.73. The first-order valence-corrected chi connectivity index (χ1v) is 10.2. The molecule has 0 N–H and O–H groups in total. The number of carbonyl (C=O) groups is 3. The monoisotopic (exact) mass is 410 g/mol. The lowest BCUT2D eigenvalue weighted by Crippen LogP contribution is -2.27. The Balaban J connectivity index is 1.46. The second-order valence-corrected chi connectivity index (χ2v) is 8.01. The van der Waals surface area contributed by atoms with E-state index in [0.29, 0.717) is 16.0 Å². The van der Waals surface area contributed by atoms with Crippen molar-refractivity contribution in [3.05, 3.63) is 75.9 Å². The van der Waals surface area contributed by atoms with Crippen LogP contribution in [0, 0.1) is 5.82 Å². The molecule has 2 aliphatic heterocycles. The van der Waals surface area contributed by atoms with Gasteiger partial charge in [-0.15, -0.1) is 0 Å². The van der Waals surface area contributed by atoms with Gasteiger partial charge in [-0.05, 0) is 66.1 Å². The summed E-state index contributed by atoms with van der Waals surface area (Å²) in [5, 5.41) is -0.355. The predicted octanol–water partition coefficient (Wildman–Crippen LogP) is 4.30. The molecule has 5 nitrogen and oxygen atoms in total. The summed E-state index contributed by atoms with van der Waals surface area (Å²) in [7, 11) is 0. The third-order valence-corrected chi connectivity index (χ3v) is 5.88. The molecule has 2 heterocycles. The molecule has 0 saturated carbocycles. The fourth-order valence-corrected chi connectivity index (χ4v) is 4.22. The van der Waals surface area contributed by atoms with Crippen molar-refractivity contribution >= 4 is 34.9 Å². The highest BCUT2D eigenvalue weighted by Crippen LogP contribution is 2.33. The number of rotatable bonds is 4. The Bertz CT molecular complexity index is 980. The van der Waals surface area contributed by atoms with Crippen LogP contribution in [0.2, 0.25) is 0 Å². The SMILES string of the molecule is O=C(c1ccc(/C=C2\SC(=O)N(Cc3ccc(F)cc3)C2=O)cc1)N1CCCC1. The Hall–Kier alpha value is -2.93. The highest BCUT2D eigenvalue weighted by atomic mass is 32.2. The molecule has 0 aliphatic carbocycles. The number of likely N-dealkylation sites (tertiary alicyclic amines) is 1. The van der Waals surface area contributed by atoms with Gasteiger partial charge in [0.15, 0.2) is 0 Å². The van der Waals surface area contributed by atoms with E-state index in [-0.39, 0.29) is 29.4 Å². The molecule has 0 radical (unpaired) electrons. The van der Waals surface area contributed by atoms with Crippen molar-refractivity contribution in [2.75, 3.05) is 13.1 Å². The van der Waals surface area contributed by atoms with E-state index in [1.54, 1.807) is 42.5 Å². The van der Waals surface area contributed by atoms with Gasteiger partial charge in [0.1, 0.15) is 5.82 Å².